The highest BCUT2D eigenvalue weighted by atomic mass is 16.7. The van der Waals surface area contributed by atoms with Gasteiger partial charge >= 0.3 is 0 Å². The minimum Gasteiger partial charge on any atom is -0.396 e. The number of rotatable bonds is 52. The standard InChI is InChI=1S/C63H114N10O26/c1-39(77)71-52-43(32-42(33-74)55(86)58(52)89)95-26-8-5-14-46(80)65-20-11-23-68-49(83)17-29-92-36-63(64-4,37-93-30-18-50(84)69-24-12-21-66-47(81)15-6-9-27-96-61-53(72-40(2)78)59(90)56(87)44(34-75)98-61)38-94-31-19-51(85)70-25-13-22-67-48(82)16-7-10-28-97-62-54(73-41(3)79)60(91)57(88)45(35-76)99-62/h42-45,52-62,64,74-76,86-91H,5-38H2,1-4H3,(H,65,80)(H,66,81)(H,67,82)(H,68,83)(H,69,84)(H,70,85)(H,71,77)(H,72,78)(H,73,79). The predicted molar refractivity (Wildman–Crippen MR) is 349 cm³/mol. The Balaban J connectivity index is 1.36. The molecule has 2 heterocycles. The van der Waals surface area contributed by atoms with Crippen LogP contribution in [0.4, 0.5) is 0 Å². The fraction of sp³-hybridized carbons (Fsp3) is 0.857. The Morgan fingerprint density at radius 1 is 0.384 bits per heavy atom. The molecule has 36 heteroatoms. The lowest BCUT2D eigenvalue weighted by Gasteiger charge is -2.42. The van der Waals surface area contributed by atoms with E-state index in [1.165, 1.54) is 20.8 Å². The van der Waals surface area contributed by atoms with Gasteiger partial charge in [0.25, 0.3) is 0 Å². The minimum absolute atomic E-state index is 0.00132. The van der Waals surface area contributed by atoms with Gasteiger partial charge in [-0.3, -0.25) is 43.2 Å². The number of likely N-dealkylation sites (N-methyl/N-ethyl adjacent to an activating group) is 1. The number of amides is 9. The molecule has 3 fully saturated rings. The molecule has 2 aliphatic heterocycles. The number of nitrogens with one attached hydrogen (secondary N) is 10. The molecule has 1 aliphatic carbocycles. The monoisotopic (exact) mass is 1430 g/mol. The Morgan fingerprint density at radius 2 is 0.697 bits per heavy atom. The number of carbonyl (C=O) groups excluding carboxylic acids is 9. The third-order valence-electron chi connectivity index (χ3n) is 16.6. The molecule has 0 aromatic heterocycles. The van der Waals surface area contributed by atoms with Crippen molar-refractivity contribution in [2.75, 3.05) is 126 Å². The maximum atomic E-state index is 12.8. The fourth-order valence-corrected chi connectivity index (χ4v) is 10.9. The molecule has 1 saturated carbocycles. The second kappa shape index (κ2) is 50.0. The van der Waals surface area contributed by atoms with E-state index in [0.29, 0.717) is 77.4 Å². The third kappa shape index (κ3) is 34.8. The highest BCUT2D eigenvalue weighted by Crippen LogP contribution is 2.29. The van der Waals surface area contributed by atoms with Crippen LogP contribution in [0.5, 0.6) is 0 Å². The lowest BCUT2D eigenvalue weighted by molar-refractivity contribution is -0.270. The maximum absolute atomic E-state index is 12.8. The molecule has 15 unspecified atom stereocenters. The first kappa shape index (κ1) is 87.7. The maximum Gasteiger partial charge on any atom is 0.222 e. The summed E-state index contributed by atoms with van der Waals surface area (Å²) in [6.45, 7) is 4.43. The molecule has 0 bridgehead atoms. The van der Waals surface area contributed by atoms with E-state index in [0.717, 1.165) is 0 Å². The van der Waals surface area contributed by atoms with Crippen molar-refractivity contribution in [1.29, 1.82) is 0 Å². The number of carbonyl (C=O) groups is 9. The molecule has 3 rings (SSSR count). The van der Waals surface area contributed by atoms with E-state index < -0.39 is 128 Å². The Bertz CT molecular complexity index is 2130. The number of hydrogen-bond donors (Lipinski definition) is 19. The zero-order valence-corrected chi connectivity index (χ0v) is 57.7. The van der Waals surface area contributed by atoms with Gasteiger partial charge in [-0.25, -0.2) is 0 Å². The molecule has 3 aliphatic rings. The van der Waals surface area contributed by atoms with Crippen molar-refractivity contribution >= 4 is 53.2 Å². The molecule has 0 spiro atoms. The smallest absolute Gasteiger partial charge is 0.222 e. The summed E-state index contributed by atoms with van der Waals surface area (Å²) in [5.74, 6) is -3.50. The topological polar surface area (TPSA) is 530 Å². The Kier molecular flexibility index (Phi) is 44.3. The molecule has 0 aromatic carbocycles. The van der Waals surface area contributed by atoms with Crippen molar-refractivity contribution in [2.45, 2.75) is 215 Å². The van der Waals surface area contributed by atoms with Crippen molar-refractivity contribution in [3.63, 3.8) is 0 Å². The largest absolute Gasteiger partial charge is 0.396 e. The van der Waals surface area contributed by atoms with Crippen LogP contribution in [0.2, 0.25) is 0 Å². The van der Waals surface area contributed by atoms with E-state index in [1.54, 1.807) is 7.05 Å². The summed E-state index contributed by atoms with van der Waals surface area (Å²) >= 11 is 0. The summed E-state index contributed by atoms with van der Waals surface area (Å²) < 4.78 is 46.2. The molecule has 9 amide bonds. The molecule has 572 valence electrons. The van der Waals surface area contributed by atoms with Gasteiger partial charge in [-0.05, 0) is 71.3 Å². The van der Waals surface area contributed by atoms with Crippen LogP contribution >= 0.6 is 0 Å². The predicted octanol–water partition coefficient (Wildman–Crippen LogP) is -6.91. The van der Waals surface area contributed by atoms with Crippen molar-refractivity contribution in [1.82, 2.24) is 53.2 Å². The highest BCUT2D eigenvalue weighted by molar-refractivity contribution is 5.78. The van der Waals surface area contributed by atoms with Crippen molar-refractivity contribution in [3.8, 4) is 0 Å². The van der Waals surface area contributed by atoms with Gasteiger partial charge in [0.2, 0.25) is 53.2 Å². The normalized spacial score (nSPS) is 25.8. The zero-order valence-electron chi connectivity index (χ0n) is 57.7. The summed E-state index contributed by atoms with van der Waals surface area (Å²) in [5.41, 5.74) is -0.993. The molecule has 15 atom stereocenters. The van der Waals surface area contributed by atoms with Gasteiger partial charge in [0.05, 0.1) is 76.6 Å². The SMILES string of the molecule is CNC(COCCC(=O)NCCCNC(=O)CCCCOC1CC(CO)C(O)C(O)C1NC(C)=O)(COCCC(=O)NCCCNC(=O)CCCCOC1OC(CO)C(O)C(O)C1NC(C)=O)COCCC(=O)NCCCNC(=O)CCCCOC1OC(CO)C(O)C(O)C1NC(C)=O. The Morgan fingerprint density at radius 3 is 1.01 bits per heavy atom. The lowest BCUT2D eigenvalue weighted by atomic mass is 9.79. The molecule has 36 nitrogen and oxygen atoms in total. The van der Waals surface area contributed by atoms with Gasteiger partial charge in [0.1, 0.15) is 54.8 Å². The van der Waals surface area contributed by atoms with Gasteiger partial charge < -0.3 is 137 Å². The van der Waals surface area contributed by atoms with Crippen LogP contribution < -0.4 is 53.2 Å². The summed E-state index contributed by atoms with van der Waals surface area (Å²) in [7, 11) is 1.66. The molecule has 2 saturated heterocycles. The second-order valence-corrected chi connectivity index (χ2v) is 24.9. The summed E-state index contributed by atoms with van der Waals surface area (Å²) in [6.07, 6.45) is -8.58. The van der Waals surface area contributed by atoms with Crippen LogP contribution in [0.25, 0.3) is 0 Å². The van der Waals surface area contributed by atoms with Gasteiger partial charge in [0.15, 0.2) is 12.6 Å². The van der Waals surface area contributed by atoms with Crippen molar-refractivity contribution < 1.29 is 127 Å². The molecule has 99 heavy (non-hydrogen) atoms. The highest BCUT2D eigenvalue weighted by Gasteiger charge is 2.47. The first-order valence-electron chi connectivity index (χ1n) is 34.3. The number of unbranched alkanes of at least 4 members (excludes halogenated alkanes) is 3. The molecular formula is C63H114N10O26. The molecule has 19 N–H and O–H groups in total. The van der Waals surface area contributed by atoms with E-state index >= 15 is 0 Å². The van der Waals surface area contributed by atoms with Gasteiger partial charge in [-0.15, -0.1) is 0 Å². The number of aliphatic hydroxyl groups excluding tert-OH is 9. The van der Waals surface area contributed by atoms with E-state index in [1.807, 2.05) is 0 Å². The molecular weight excluding hydrogens is 1310 g/mol. The summed E-state index contributed by atoms with van der Waals surface area (Å²) in [4.78, 5) is 111. The van der Waals surface area contributed by atoms with Gasteiger partial charge in [-0.1, -0.05) is 0 Å². The average Bonchev–Trinajstić information content (AvgIpc) is 0.824. The Labute approximate surface area is 577 Å². The van der Waals surface area contributed by atoms with E-state index in [-0.39, 0.29) is 166 Å². The quantitative estimate of drug-likeness (QED) is 0.0252. The van der Waals surface area contributed by atoms with Gasteiger partial charge in [-0.2, -0.15) is 0 Å². The van der Waals surface area contributed by atoms with Crippen LogP contribution in [0, 0.1) is 5.92 Å². The second-order valence-electron chi connectivity index (χ2n) is 24.9. The lowest BCUT2D eigenvalue weighted by Crippen LogP contribution is -2.64. The number of hydrogen-bond acceptors (Lipinski definition) is 27. The summed E-state index contributed by atoms with van der Waals surface area (Å²) in [5, 5.41) is 118. The van der Waals surface area contributed by atoms with Gasteiger partial charge in [0, 0.05) is 131 Å². The van der Waals surface area contributed by atoms with Crippen molar-refractivity contribution in [3.05, 3.63) is 0 Å². The van der Waals surface area contributed by atoms with Crippen LogP contribution in [0.15, 0.2) is 0 Å². The molecule has 0 radical (unpaired) electrons. The van der Waals surface area contributed by atoms with E-state index in [4.69, 9.17) is 37.9 Å². The fourth-order valence-electron chi connectivity index (χ4n) is 10.9. The average molecular weight is 1430 g/mol. The van der Waals surface area contributed by atoms with Crippen molar-refractivity contribution in [2.24, 2.45) is 5.92 Å². The minimum atomic E-state index is -1.44. The number of aliphatic hydroxyl groups is 9. The first-order chi connectivity index (χ1) is 47.4. The van der Waals surface area contributed by atoms with Crippen LogP contribution in [-0.4, -0.2) is 316 Å². The summed E-state index contributed by atoms with van der Waals surface area (Å²) in [6, 6.07) is -2.99. The van der Waals surface area contributed by atoms with E-state index in [2.05, 4.69) is 53.2 Å². The number of ether oxygens (including phenoxy) is 8. The Hall–Kier alpha value is -5.49. The third-order valence-corrected chi connectivity index (χ3v) is 16.6. The molecule has 0 aromatic rings. The van der Waals surface area contributed by atoms with Crippen LogP contribution in [0.1, 0.15) is 124 Å². The first-order valence-corrected chi connectivity index (χ1v) is 34.3. The van der Waals surface area contributed by atoms with E-state index in [9.17, 15) is 89.1 Å². The van der Waals surface area contributed by atoms with Crippen LogP contribution in [-0.2, 0) is 81.0 Å². The van der Waals surface area contributed by atoms with Crippen LogP contribution in [0.3, 0.4) is 0 Å². The zero-order chi connectivity index (χ0) is 73.1.